The van der Waals surface area contributed by atoms with Gasteiger partial charge >= 0.3 is 5.97 Å². The number of anilines is 1. The number of halogens is 1. The SMILES string of the molecule is COCc1ccc(C(=O)OC(C(=O)Nc2ccc(F)cc2)c2ccccc2)cc1. The normalized spacial score (nSPS) is 11.5. The van der Waals surface area contributed by atoms with E-state index in [1.54, 1.807) is 61.7 Å². The molecule has 0 aliphatic carbocycles. The number of carbonyl (C=O) groups excluding carboxylic acids is 2. The molecule has 0 saturated carbocycles. The van der Waals surface area contributed by atoms with Gasteiger partial charge in [0.05, 0.1) is 12.2 Å². The number of carbonyl (C=O) groups is 2. The van der Waals surface area contributed by atoms with Crippen molar-refractivity contribution in [2.24, 2.45) is 0 Å². The molecule has 6 heteroatoms. The van der Waals surface area contributed by atoms with Gasteiger partial charge in [-0.1, -0.05) is 42.5 Å². The fraction of sp³-hybridized carbons (Fsp3) is 0.130. The van der Waals surface area contributed by atoms with Gasteiger partial charge in [0.25, 0.3) is 5.91 Å². The van der Waals surface area contributed by atoms with Gasteiger partial charge in [-0.15, -0.1) is 0 Å². The minimum Gasteiger partial charge on any atom is -0.444 e. The maximum Gasteiger partial charge on any atom is 0.339 e. The Morgan fingerprint density at radius 3 is 2.21 bits per heavy atom. The van der Waals surface area contributed by atoms with E-state index in [-0.39, 0.29) is 0 Å². The van der Waals surface area contributed by atoms with Crippen molar-refractivity contribution in [2.45, 2.75) is 12.7 Å². The van der Waals surface area contributed by atoms with Crippen LogP contribution in [0.2, 0.25) is 0 Å². The van der Waals surface area contributed by atoms with Crippen molar-refractivity contribution in [1.82, 2.24) is 0 Å². The van der Waals surface area contributed by atoms with Crippen molar-refractivity contribution in [1.29, 1.82) is 0 Å². The highest BCUT2D eigenvalue weighted by molar-refractivity contribution is 5.98. The Morgan fingerprint density at radius 2 is 1.59 bits per heavy atom. The van der Waals surface area contributed by atoms with Crippen LogP contribution < -0.4 is 5.32 Å². The largest absolute Gasteiger partial charge is 0.444 e. The molecule has 0 heterocycles. The molecule has 3 rings (SSSR count). The van der Waals surface area contributed by atoms with Gasteiger partial charge in [0.1, 0.15) is 5.82 Å². The molecule has 0 saturated heterocycles. The molecule has 29 heavy (non-hydrogen) atoms. The molecule has 1 unspecified atom stereocenters. The monoisotopic (exact) mass is 393 g/mol. The van der Waals surface area contributed by atoms with E-state index in [4.69, 9.17) is 9.47 Å². The van der Waals surface area contributed by atoms with Crippen LogP contribution >= 0.6 is 0 Å². The van der Waals surface area contributed by atoms with E-state index in [0.717, 1.165) is 5.56 Å². The summed E-state index contributed by atoms with van der Waals surface area (Å²) in [7, 11) is 1.59. The van der Waals surface area contributed by atoms with E-state index in [9.17, 15) is 14.0 Å². The Bertz CT molecular complexity index is 956. The van der Waals surface area contributed by atoms with E-state index < -0.39 is 23.8 Å². The third-order valence-corrected chi connectivity index (χ3v) is 4.18. The summed E-state index contributed by atoms with van der Waals surface area (Å²) < 4.78 is 23.7. The van der Waals surface area contributed by atoms with Crippen LogP contribution in [0.1, 0.15) is 27.6 Å². The summed E-state index contributed by atoms with van der Waals surface area (Å²) in [5.41, 5.74) is 2.16. The molecule has 0 radical (unpaired) electrons. The summed E-state index contributed by atoms with van der Waals surface area (Å²) in [6.07, 6.45) is -1.16. The molecule has 1 atom stereocenters. The number of ether oxygens (including phenoxy) is 2. The maximum absolute atomic E-state index is 13.1. The Hall–Kier alpha value is -3.51. The lowest BCUT2D eigenvalue weighted by Crippen LogP contribution is -2.26. The molecule has 0 bridgehead atoms. The highest BCUT2D eigenvalue weighted by atomic mass is 19.1. The number of hydrogen-bond acceptors (Lipinski definition) is 4. The van der Waals surface area contributed by atoms with Gasteiger partial charge < -0.3 is 14.8 Å². The van der Waals surface area contributed by atoms with Crippen molar-refractivity contribution in [3.8, 4) is 0 Å². The van der Waals surface area contributed by atoms with Gasteiger partial charge in [0.15, 0.2) is 0 Å². The summed E-state index contributed by atoms with van der Waals surface area (Å²) in [5, 5.41) is 2.65. The number of nitrogens with one attached hydrogen (secondary N) is 1. The zero-order valence-corrected chi connectivity index (χ0v) is 15.8. The fourth-order valence-corrected chi connectivity index (χ4v) is 2.72. The summed E-state index contributed by atoms with van der Waals surface area (Å²) in [4.78, 5) is 25.4. The van der Waals surface area contributed by atoms with E-state index in [1.807, 2.05) is 0 Å². The van der Waals surface area contributed by atoms with Crippen molar-refractivity contribution < 1.29 is 23.5 Å². The second kappa shape index (κ2) is 9.61. The Kier molecular flexibility index (Phi) is 6.71. The number of amides is 1. The molecule has 3 aromatic carbocycles. The van der Waals surface area contributed by atoms with Crippen LogP contribution in [0, 0.1) is 5.82 Å². The summed E-state index contributed by atoms with van der Waals surface area (Å²) >= 11 is 0. The number of methoxy groups -OCH3 is 1. The standard InChI is InChI=1S/C23H20FNO4/c1-28-15-16-7-9-18(10-8-16)23(27)29-21(17-5-3-2-4-6-17)22(26)25-20-13-11-19(24)12-14-20/h2-14,21H,15H2,1H3,(H,25,26). The average Bonchev–Trinajstić information content (AvgIpc) is 2.75. The molecule has 3 aromatic rings. The van der Waals surface area contributed by atoms with Gasteiger partial charge in [0, 0.05) is 18.4 Å². The molecule has 0 aliphatic heterocycles. The van der Waals surface area contributed by atoms with Crippen molar-refractivity contribution in [2.75, 3.05) is 12.4 Å². The zero-order chi connectivity index (χ0) is 20.6. The molecule has 1 amide bonds. The van der Waals surface area contributed by atoms with E-state index in [1.165, 1.54) is 24.3 Å². The highest BCUT2D eigenvalue weighted by Crippen LogP contribution is 2.22. The van der Waals surface area contributed by atoms with Gasteiger partial charge in [-0.25, -0.2) is 9.18 Å². The van der Waals surface area contributed by atoms with Crippen LogP contribution in [-0.4, -0.2) is 19.0 Å². The first-order valence-electron chi connectivity index (χ1n) is 8.97. The molecule has 0 aliphatic rings. The van der Waals surface area contributed by atoms with Crippen LogP contribution in [0.3, 0.4) is 0 Å². The number of rotatable bonds is 7. The third-order valence-electron chi connectivity index (χ3n) is 4.18. The van der Waals surface area contributed by atoms with Crippen molar-refractivity contribution in [3.05, 3.63) is 101 Å². The van der Waals surface area contributed by atoms with E-state index in [2.05, 4.69) is 5.32 Å². The first kappa shape index (κ1) is 20.2. The first-order chi connectivity index (χ1) is 14.1. The predicted molar refractivity (Wildman–Crippen MR) is 107 cm³/mol. The quantitative estimate of drug-likeness (QED) is 0.600. The second-order valence-corrected chi connectivity index (χ2v) is 6.32. The van der Waals surface area contributed by atoms with Gasteiger partial charge in [-0.3, -0.25) is 4.79 Å². The molecular weight excluding hydrogens is 373 g/mol. The molecule has 0 fully saturated rings. The van der Waals surface area contributed by atoms with Crippen LogP contribution in [0.25, 0.3) is 0 Å². The molecular formula is C23H20FNO4. The average molecular weight is 393 g/mol. The second-order valence-electron chi connectivity index (χ2n) is 6.32. The van der Waals surface area contributed by atoms with Crippen LogP contribution in [0.4, 0.5) is 10.1 Å². The van der Waals surface area contributed by atoms with Gasteiger partial charge in [0.2, 0.25) is 6.10 Å². The lowest BCUT2D eigenvalue weighted by molar-refractivity contribution is -0.125. The minimum atomic E-state index is -1.16. The number of esters is 1. The lowest BCUT2D eigenvalue weighted by atomic mass is 10.1. The van der Waals surface area contributed by atoms with Crippen molar-refractivity contribution >= 4 is 17.6 Å². The van der Waals surface area contributed by atoms with Crippen LogP contribution in [0.5, 0.6) is 0 Å². The summed E-state index contributed by atoms with van der Waals surface area (Å²) in [6.45, 7) is 0.433. The topological polar surface area (TPSA) is 64.6 Å². The fourth-order valence-electron chi connectivity index (χ4n) is 2.72. The zero-order valence-electron chi connectivity index (χ0n) is 15.8. The first-order valence-corrected chi connectivity index (χ1v) is 8.97. The number of benzene rings is 3. The molecule has 0 aromatic heterocycles. The lowest BCUT2D eigenvalue weighted by Gasteiger charge is -2.18. The molecule has 0 spiro atoms. The van der Waals surface area contributed by atoms with E-state index in [0.29, 0.717) is 23.4 Å². The molecule has 148 valence electrons. The third kappa shape index (κ3) is 5.49. The summed E-state index contributed by atoms with van der Waals surface area (Å²) in [6, 6.07) is 20.8. The predicted octanol–water partition coefficient (Wildman–Crippen LogP) is 4.51. The Balaban J connectivity index is 1.79. The van der Waals surface area contributed by atoms with Crippen LogP contribution in [0.15, 0.2) is 78.9 Å². The van der Waals surface area contributed by atoms with Crippen molar-refractivity contribution in [3.63, 3.8) is 0 Å². The Morgan fingerprint density at radius 1 is 0.931 bits per heavy atom. The van der Waals surface area contributed by atoms with Gasteiger partial charge in [-0.2, -0.15) is 0 Å². The van der Waals surface area contributed by atoms with Crippen LogP contribution in [-0.2, 0) is 20.9 Å². The Labute approximate surface area is 168 Å². The number of hydrogen-bond donors (Lipinski definition) is 1. The minimum absolute atomic E-state index is 0.320. The molecule has 5 nitrogen and oxygen atoms in total. The summed E-state index contributed by atoms with van der Waals surface area (Å²) in [5.74, 6) is -1.57. The van der Waals surface area contributed by atoms with E-state index >= 15 is 0 Å². The highest BCUT2D eigenvalue weighted by Gasteiger charge is 2.25. The molecule has 1 N–H and O–H groups in total. The van der Waals surface area contributed by atoms with Gasteiger partial charge in [-0.05, 0) is 42.0 Å². The maximum atomic E-state index is 13.1. The smallest absolute Gasteiger partial charge is 0.339 e.